The van der Waals surface area contributed by atoms with Gasteiger partial charge in [0, 0.05) is 47.1 Å². The molecule has 0 bridgehead atoms. The zero-order valence-electron chi connectivity index (χ0n) is 22.6. The topological polar surface area (TPSA) is 4.93 Å². The van der Waals surface area contributed by atoms with E-state index in [-0.39, 0.29) is 13.4 Å². The zero-order chi connectivity index (χ0) is 26.4. The van der Waals surface area contributed by atoms with Gasteiger partial charge in [0.1, 0.15) is 0 Å². The van der Waals surface area contributed by atoms with Crippen molar-refractivity contribution < 1.29 is 0 Å². The monoisotopic (exact) mass is 557 g/mol. The highest BCUT2D eigenvalue weighted by molar-refractivity contribution is 8.01. The first-order valence-corrected chi connectivity index (χ1v) is 16.9. The van der Waals surface area contributed by atoms with Crippen molar-refractivity contribution in [1.29, 1.82) is 0 Å². The van der Waals surface area contributed by atoms with Crippen LogP contribution in [0.4, 0.5) is 0 Å². The predicted molar refractivity (Wildman–Crippen MR) is 177 cm³/mol. The van der Waals surface area contributed by atoms with E-state index in [0.29, 0.717) is 5.92 Å². The minimum absolute atomic E-state index is 0.287. The van der Waals surface area contributed by atoms with Crippen LogP contribution in [-0.2, 0) is 0 Å². The smallest absolute Gasteiger partial charge is 0.249 e. The predicted octanol–water partition coefficient (Wildman–Crippen LogP) is 5.42. The van der Waals surface area contributed by atoms with E-state index < -0.39 is 0 Å². The maximum Gasteiger partial charge on any atom is 0.249 e. The normalized spacial score (nSPS) is 17.4. The third kappa shape index (κ3) is 2.59. The van der Waals surface area contributed by atoms with E-state index in [4.69, 9.17) is 0 Å². The maximum atomic E-state index is 2.73. The second-order valence-electron chi connectivity index (χ2n) is 12.6. The van der Waals surface area contributed by atoms with Crippen molar-refractivity contribution in [3.8, 4) is 5.69 Å². The number of nitrogens with zero attached hydrogens (tertiary/aromatic N) is 1. The summed E-state index contributed by atoms with van der Waals surface area (Å²) >= 11 is 4.16. The van der Waals surface area contributed by atoms with Gasteiger partial charge in [0.05, 0.1) is 0 Å². The van der Waals surface area contributed by atoms with Gasteiger partial charge in [0.2, 0.25) is 13.4 Å². The molecule has 0 spiro atoms. The number of hydrogen-bond donors (Lipinski definition) is 0. The molecule has 11 rings (SSSR count). The van der Waals surface area contributed by atoms with Crippen LogP contribution in [0.15, 0.2) is 105 Å². The quantitative estimate of drug-likeness (QED) is 0.249. The molecular weight excluding hydrogens is 532 g/mol. The van der Waals surface area contributed by atoms with Crippen LogP contribution >= 0.6 is 23.5 Å². The molecule has 192 valence electrons. The fourth-order valence-corrected chi connectivity index (χ4v) is 12.0. The highest BCUT2D eigenvalue weighted by Crippen LogP contribution is 2.50. The first kappa shape index (κ1) is 22.3. The Balaban J connectivity index is 1.41. The van der Waals surface area contributed by atoms with Gasteiger partial charge in [-0.1, -0.05) is 127 Å². The molecule has 1 nitrogen and oxygen atoms in total. The van der Waals surface area contributed by atoms with Crippen LogP contribution in [0.2, 0.25) is 0 Å². The largest absolute Gasteiger partial charge is 0.311 e. The lowest BCUT2D eigenvalue weighted by Crippen LogP contribution is -2.66. The molecule has 5 heterocycles. The Morgan fingerprint density at radius 3 is 1.63 bits per heavy atom. The minimum atomic E-state index is 0.287. The number of rotatable bonds is 1. The molecule has 1 aliphatic carbocycles. The Morgan fingerprint density at radius 2 is 1.07 bits per heavy atom. The number of hydrogen-bond acceptors (Lipinski definition) is 2. The van der Waals surface area contributed by atoms with Crippen molar-refractivity contribution in [2.75, 3.05) is 0 Å². The van der Waals surface area contributed by atoms with E-state index in [0.717, 1.165) is 0 Å². The van der Waals surface area contributed by atoms with Crippen molar-refractivity contribution in [3.05, 3.63) is 90.5 Å². The lowest BCUT2D eigenvalue weighted by Gasteiger charge is -2.43. The van der Waals surface area contributed by atoms with Crippen molar-refractivity contribution in [3.63, 3.8) is 0 Å². The lowest BCUT2D eigenvalue weighted by molar-refractivity contribution is 0.436. The molecule has 5 aliphatic rings. The summed E-state index contributed by atoms with van der Waals surface area (Å²) in [6, 6.07) is 32.8. The molecule has 1 fully saturated rings. The van der Waals surface area contributed by atoms with E-state index in [1.165, 1.54) is 91.2 Å². The van der Waals surface area contributed by atoms with Crippen LogP contribution in [0.25, 0.3) is 27.5 Å². The summed E-state index contributed by atoms with van der Waals surface area (Å²) in [5.74, 6) is 0.645. The molecule has 1 aromatic heterocycles. The third-order valence-corrected chi connectivity index (χ3v) is 13.2. The van der Waals surface area contributed by atoms with Gasteiger partial charge in [-0.25, -0.2) is 0 Å². The van der Waals surface area contributed by atoms with Gasteiger partial charge in [0.25, 0.3) is 0 Å². The fraction of sp³-hybridized carbons (Fsp3) is 0.167. The highest BCUT2D eigenvalue weighted by Gasteiger charge is 2.49. The van der Waals surface area contributed by atoms with E-state index in [9.17, 15) is 0 Å². The van der Waals surface area contributed by atoms with Crippen LogP contribution in [0.3, 0.4) is 0 Å². The van der Waals surface area contributed by atoms with Gasteiger partial charge < -0.3 is 4.57 Å². The summed E-state index contributed by atoms with van der Waals surface area (Å²) < 4.78 is 2.73. The number of fused-ring (bicyclic) bond motifs is 7. The Bertz CT molecular complexity index is 2030. The first-order chi connectivity index (χ1) is 20.4. The molecule has 0 amide bonds. The van der Waals surface area contributed by atoms with Crippen LogP contribution in [0.5, 0.6) is 0 Å². The van der Waals surface area contributed by atoms with Crippen molar-refractivity contribution >= 4 is 91.5 Å². The molecule has 6 aromatic rings. The SMILES string of the molecule is c1ccc2c(c1)Sc1c3c4c5c(c1C1CCCCC1)Sc1ccccc1B5c1cccc5c6cccc(c6n-4c15)B23. The maximum absolute atomic E-state index is 2.73. The molecule has 0 unspecified atom stereocenters. The van der Waals surface area contributed by atoms with Crippen molar-refractivity contribution in [1.82, 2.24) is 4.57 Å². The summed E-state index contributed by atoms with van der Waals surface area (Å²) in [7, 11) is 0. The number of para-hydroxylation sites is 2. The van der Waals surface area contributed by atoms with Gasteiger partial charge in [-0.05, 0) is 58.3 Å². The summed E-state index contributed by atoms with van der Waals surface area (Å²) in [6.07, 6.45) is 6.74. The second kappa shape index (κ2) is 7.76. The molecular formula is C36H25B2NS2. The van der Waals surface area contributed by atoms with Crippen LogP contribution < -0.4 is 32.8 Å². The molecule has 1 saturated carbocycles. The summed E-state index contributed by atoms with van der Waals surface area (Å²) in [5, 5.41) is 2.82. The number of benzene rings is 5. The van der Waals surface area contributed by atoms with Gasteiger partial charge in [-0.3, -0.25) is 0 Å². The summed E-state index contributed by atoms with van der Waals surface area (Å²) in [6.45, 7) is 0.574. The van der Waals surface area contributed by atoms with Gasteiger partial charge >= 0.3 is 0 Å². The van der Waals surface area contributed by atoms with Crippen molar-refractivity contribution in [2.45, 2.75) is 57.6 Å². The second-order valence-corrected chi connectivity index (χ2v) is 14.7. The Morgan fingerprint density at radius 1 is 0.561 bits per heavy atom. The average molecular weight is 557 g/mol. The minimum Gasteiger partial charge on any atom is -0.311 e. The van der Waals surface area contributed by atoms with E-state index in [1.54, 1.807) is 26.3 Å². The van der Waals surface area contributed by atoms with Gasteiger partial charge in [0.15, 0.2) is 0 Å². The Kier molecular flexibility index (Phi) is 4.23. The first-order valence-electron chi connectivity index (χ1n) is 15.2. The van der Waals surface area contributed by atoms with Gasteiger partial charge in [-0.2, -0.15) is 0 Å². The number of aromatic nitrogens is 1. The standard InChI is InChI=1S/C36H25B2NS2/c1-2-10-20(11-3-1)29-35-30-34-31-36(29)41-28-19-7-5-15-24(28)38(31)26-17-9-13-22-21-12-8-16-25(32(21)39(34)33(22)26)37(30)23-14-4-6-18-27(23)40-35/h4-9,12-20H,1-3,10-11H2. The molecule has 0 N–H and O–H groups in total. The van der Waals surface area contributed by atoms with Crippen LogP contribution in [0, 0.1) is 0 Å². The van der Waals surface area contributed by atoms with Crippen LogP contribution in [0.1, 0.15) is 43.6 Å². The Labute approximate surface area is 248 Å². The van der Waals surface area contributed by atoms with Gasteiger partial charge in [-0.15, -0.1) is 0 Å². The van der Waals surface area contributed by atoms with E-state index in [1.807, 2.05) is 0 Å². The van der Waals surface area contributed by atoms with Crippen molar-refractivity contribution in [2.24, 2.45) is 0 Å². The Hall–Kier alpha value is -3.27. The summed E-state index contributed by atoms with van der Waals surface area (Å²) in [5.41, 5.74) is 15.2. The molecule has 0 atom stereocenters. The molecule has 41 heavy (non-hydrogen) atoms. The zero-order valence-corrected chi connectivity index (χ0v) is 24.2. The molecule has 0 saturated heterocycles. The van der Waals surface area contributed by atoms with Crippen LogP contribution in [-0.4, -0.2) is 18.0 Å². The fourth-order valence-electron chi connectivity index (χ4n) is 9.17. The average Bonchev–Trinajstić information content (AvgIpc) is 3.37. The molecule has 5 aromatic carbocycles. The molecule has 4 aliphatic heterocycles. The van der Waals surface area contributed by atoms with E-state index in [2.05, 4.69) is 113 Å². The lowest BCUT2D eigenvalue weighted by atomic mass is 9.31. The van der Waals surface area contributed by atoms with E-state index >= 15 is 0 Å². The molecule has 5 heteroatoms. The summed E-state index contributed by atoms with van der Waals surface area (Å²) in [4.78, 5) is 6.07. The molecule has 0 radical (unpaired) electrons. The highest BCUT2D eigenvalue weighted by atomic mass is 32.2. The third-order valence-electron chi connectivity index (χ3n) is 10.7.